The summed E-state index contributed by atoms with van der Waals surface area (Å²) in [6, 6.07) is 0. The van der Waals surface area contributed by atoms with Gasteiger partial charge in [0.25, 0.3) is 0 Å². The number of sulfone groups is 1. The highest BCUT2D eigenvalue weighted by atomic mass is 35.5. The van der Waals surface area contributed by atoms with Crippen LogP contribution in [0.3, 0.4) is 0 Å². The number of anilines is 1. The van der Waals surface area contributed by atoms with Gasteiger partial charge in [0.05, 0.1) is 4.92 Å². The number of halogens is 1. The summed E-state index contributed by atoms with van der Waals surface area (Å²) in [6.07, 6.45) is 2.09. The van der Waals surface area contributed by atoms with E-state index in [1.54, 1.807) is 0 Å². The van der Waals surface area contributed by atoms with Crippen molar-refractivity contribution in [2.75, 3.05) is 29.2 Å². The topological polar surface area (TPSA) is 106 Å². The number of hydrogen-bond acceptors (Lipinski definition) is 8. The van der Waals surface area contributed by atoms with Crippen LogP contribution in [0.15, 0.2) is 6.20 Å². The maximum atomic E-state index is 11.8. The second-order valence-corrected chi connectivity index (χ2v) is 7.85. The zero-order valence-corrected chi connectivity index (χ0v) is 12.8. The van der Waals surface area contributed by atoms with Crippen molar-refractivity contribution in [2.45, 2.75) is 5.37 Å². The molecule has 110 valence electrons. The van der Waals surface area contributed by atoms with Gasteiger partial charge in [0.2, 0.25) is 11.1 Å². The van der Waals surface area contributed by atoms with E-state index in [-0.39, 0.29) is 16.8 Å². The van der Waals surface area contributed by atoms with E-state index in [1.807, 2.05) is 0 Å². The average molecular weight is 339 g/mol. The zero-order chi connectivity index (χ0) is 14.9. The minimum atomic E-state index is -3.40. The molecule has 0 aromatic carbocycles. The molecule has 1 saturated heterocycles. The molecule has 0 spiro atoms. The first-order valence-corrected chi connectivity index (χ1v) is 8.99. The second-order valence-electron chi connectivity index (χ2n) is 4.16. The van der Waals surface area contributed by atoms with Gasteiger partial charge in [-0.25, -0.2) is 13.4 Å². The summed E-state index contributed by atoms with van der Waals surface area (Å²) in [6.45, 7) is 0.344. The summed E-state index contributed by atoms with van der Waals surface area (Å²) in [7, 11) is -3.40. The van der Waals surface area contributed by atoms with Crippen LogP contribution in [-0.4, -0.2) is 53.0 Å². The highest BCUT2D eigenvalue weighted by Gasteiger charge is 2.35. The van der Waals surface area contributed by atoms with Crippen molar-refractivity contribution >= 4 is 44.7 Å². The molecular weight excluding hydrogens is 328 g/mol. The van der Waals surface area contributed by atoms with E-state index in [0.717, 1.165) is 12.5 Å². The van der Waals surface area contributed by atoms with Crippen LogP contribution in [0.2, 0.25) is 5.28 Å². The van der Waals surface area contributed by atoms with E-state index >= 15 is 0 Å². The molecule has 1 aromatic rings. The number of thioether (sulfide) groups is 1. The van der Waals surface area contributed by atoms with Crippen LogP contribution in [-0.2, 0) is 9.84 Å². The Bertz CT molecular complexity index is 639. The average Bonchev–Trinajstić information content (AvgIpc) is 2.37. The SMILES string of the molecule is CS(=O)(=O)C1CSCCN1c1nc(Cl)ncc1[N+](=O)[O-]. The van der Waals surface area contributed by atoms with E-state index in [2.05, 4.69) is 9.97 Å². The first-order chi connectivity index (χ1) is 9.30. The summed E-state index contributed by atoms with van der Waals surface area (Å²) >= 11 is 7.16. The van der Waals surface area contributed by atoms with Crippen molar-refractivity contribution in [3.05, 3.63) is 21.6 Å². The number of rotatable bonds is 3. The Hall–Kier alpha value is -1.13. The maximum absolute atomic E-state index is 11.8. The minimum Gasteiger partial charge on any atom is -0.332 e. The Morgan fingerprint density at radius 2 is 2.30 bits per heavy atom. The molecule has 0 amide bonds. The Labute approximate surface area is 124 Å². The molecule has 0 N–H and O–H groups in total. The van der Waals surface area contributed by atoms with Gasteiger partial charge in [0, 0.05) is 24.3 Å². The van der Waals surface area contributed by atoms with Crippen molar-refractivity contribution < 1.29 is 13.3 Å². The molecule has 2 rings (SSSR count). The predicted octanol–water partition coefficient (Wildman–Crippen LogP) is 0.962. The van der Waals surface area contributed by atoms with Gasteiger partial charge in [-0.3, -0.25) is 10.1 Å². The van der Waals surface area contributed by atoms with Gasteiger partial charge in [-0.2, -0.15) is 16.7 Å². The second kappa shape index (κ2) is 5.70. The molecule has 1 aromatic heterocycles. The van der Waals surface area contributed by atoms with Gasteiger partial charge in [0.1, 0.15) is 11.6 Å². The van der Waals surface area contributed by atoms with E-state index in [1.165, 1.54) is 16.7 Å². The van der Waals surface area contributed by atoms with Crippen molar-refractivity contribution in [3.63, 3.8) is 0 Å². The molecule has 1 aliphatic heterocycles. The molecule has 0 aliphatic carbocycles. The highest BCUT2D eigenvalue weighted by molar-refractivity contribution is 8.01. The van der Waals surface area contributed by atoms with Crippen molar-refractivity contribution in [2.24, 2.45) is 0 Å². The highest BCUT2D eigenvalue weighted by Crippen LogP contribution is 2.32. The molecular formula is C9H11ClN4O4S2. The van der Waals surface area contributed by atoms with Crippen LogP contribution in [0.4, 0.5) is 11.5 Å². The van der Waals surface area contributed by atoms with Gasteiger partial charge in [-0.1, -0.05) is 0 Å². The van der Waals surface area contributed by atoms with Crippen LogP contribution in [0.25, 0.3) is 0 Å². The fraction of sp³-hybridized carbons (Fsp3) is 0.556. The number of hydrogen-bond donors (Lipinski definition) is 0. The smallest absolute Gasteiger partial charge is 0.329 e. The lowest BCUT2D eigenvalue weighted by Gasteiger charge is -2.34. The Balaban J connectivity index is 2.52. The standard InChI is InChI=1S/C9H11ClN4O4S2/c1-20(17,18)7-5-19-3-2-13(7)8-6(14(15)16)4-11-9(10)12-8/h4,7H,2-3,5H2,1H3. The van der Waals surface area contributed by atoms with Crippen molar-refractivity contribution in [3.8, 4) is 0 Å². The zero-order valence-electron chi connectivity index (χ0n) is 10.4. The number of aromatic nitrogens is 2. The summed E-state index contributed by atoms with van der Waals surface area (Å²) in [5.74, 6) is 0.938. The molecule has 11 heteroatoms. The number of nitrogens with zero attached hydrogens (tertiary/aromatic N) is 4. The first kappa shape index (κ1) is 15.3. The van der Waals surface area contributed by atoms with Crippen molar-refractivity contribution in [1.82, 2.24) is 9.97 Å². The molecule has 20 heavy (non-hydrogen) atoms. The van der Waals surface area contributed by atoms with Gasteiger partial charge in [0.15, 0.2) is 9.84 Å². The third-order valence-electron chi connectivity index (χ3n) is 2.77. The third kappa shape index (κ3) is 3.13. The van der Waals surface area contributed by atoms with Crippen LogP contribution in [0.1, 0.15) is 0 Å². The van der Waals surface area contributed by atoms with Crippen LogP contribution < -0.4 is 4.90 Å². The summed E-state index contributed by atoms with van der Waals surface area (Å²) in [5, 5.41) is 10.0. The van der Waals surface area contributed by atoms with Crippen LogP contribution in [0, 0.1) is 10.1 Å². The molecule has 0 radical (unpaired) electrons. The van der Waals surface area contributed by atoms with Crippen LogP contribution in [0.5, 0.6) is 0 Å². The monoisotopic (exact) mass is 338 g/mol. The normalized spacial score (nSPS) is 19.9. The molecule has 8 nitrogen and oxygen atoms in total. The fourth-order valence-electron chi connectivity index (χ4n) is 1.86. The molecule has 0 saturated carbocycles. The van der Waals surface area contributed by atoms with E-state index < -0.39 is 20.1 Å². The molecule has 0 bridgehead atoms. The van der Waals surface area contributed by atoms with Gasteiger partial charge < -0.3 is 4.90 Å². The van der Waals surface area contributed by atoms with E-state index in [4.69, 9.17) is 11.6 Å². The first-order valence-electron chi connectivity index (χ1n) is 5.51. The molecule has 1 aliphatic rings. The Morgan fingerprint density at radius 3 is 2.90 bits per heavy atom. The lowest BCUT2D eigenvalue weighted by molar-refractivity contribution is -0.384. The van der Waals surface area contributed by atoms with Gasteiger partial charge in [-0.05, 0) is 11.6 Å². The third-order valence-corrected chi connectivity index (χ3v) is 5.59. The summed E-state index contributed by atoms with van der Waals surface area (Å²) in [5.41, 5.74) is -0.352. The summed E-state index contributed by atoms with van der Waals surface area (Å²) < 4.78 is 23.7. The predicted molar refractivity (Wildman–Crippen MR) is 77.0 cm³/mol. The molecule has 1 unspecified atom stereocenters. The molecule has 1 atom stereocenters. The largest absolute Gasteiger partial charge is 0.332 e. The maximum Gasteiger partial charge on any atom is 0.329 e. The van der Waals surface area contributed by atoms with Gasteiger partial charge >= 0.3 is 5.69 Å². The minimum absolute atomic E-state index is 0.0503. The number of nitro groups is 1. The Kier molecular flexibility index (Phi) is 4.35. The van der Waals surface area contributed by atoms with E-state index in [9.17, 15) is 18.5 Å². The van der Waals surface area contributed by atoms with Crippen molar-refractivity contribution in [1.29, 1.82) is 0 Å². The molecule has 1 fully saturated rings. The lowest BCUT2D eigenvalue weighted by Crippen LogP contribution is -2.47. The molecule has 2 heterocycles. The van der Waals surface area contributed by atoms with Gasteiger partial charge in [-0.15, -0.1) is 0 Å². The quantitative estimate of drug-likeness (QED) is 0.455. The van der Waals surface area contributed by atoms with Crippen LogP contribution >= 0.6 is 23.4 Å². The van der Waals surface area contributed by atoms with E-state index in [0.29, 0.717) is 18.1 Å². The lowest BCUT2D eigenvalue weighted by atomic mass is 10.4. The fourth-order valence-corrected chi connectivity index (χ4v) is 4.81. The Morgan fingerprint density at radius 1 is 1.60 bits per heavy atom. The summed E-state index contributed by atoms with van der Waals surface area (Å²) in [4.78, 5) is 19.2.